The lowest BCUT2D eigenvalue weighted by molar-refractivity contribution is -0.138. The highest BCUT2D eigenvalue weighted by atomic mass is 19.4. The Morgan fingerprint density at radius 3 is 2.29 bits per heavy atom. The van der Waals surface area contributed by atoms with Crippen LogP contribution in [0.2, 0.25) is 0 Å². The highest BCUT2D eigenvalue weighted by molar-refractivity contribution is 5.95. The zero-order valence-corrected chi connectivity index (χ0v) is 19.5. The minimum absolute atomic E-state index is 0.0660. The Hall–Kier alpha value is -2.94. The molecule has 5 nitrogen and oxygen atoms in total. The molecule has 35 heavy (non-hydrogen) atoms. The van der Waals surface area contributed by atoms with E-state index in [4.69, 9.17) is 0 Å². The van der Waals surface area contributed by atoms with Crippen molar-refractivity contribution in [3.05, 3.63) is 71.0 Å². The van der Waals surface area contributed by atoms with Crippen LogP contribution in [0.4, 0.5) is 17.6 Å². The number of likely N-dealkylation sites (tertiary alicyclic amines) is 1. The van der Waals surface area contributed by atoms with Crippen molar-refractivity contribution in [2.75, 3.05) is 20.1 Å². The molecular formula is C26H29F4N3O2. The molecule has 1 saturated carbocycles. The fourth-order valence-electron chi connectivity index (χ4n) is 4.78. The molecule has 9 heteroatoms. The van der Waals surface area contributed by atoms with Crippen LogP contribution in [0.3, 0.4) is 0 Å². The van der Waals surface area contributed by atoms with E-state index in [-0.39, 0.29) is 17.9 Å². The Balaban J connectivity index is 1.54. The molecule has 1 saturated heterocycles. The summed E-state index contributed by atoms with van der Waals surface area (Å²) >= 11 is 0. The van der Waals surface area contributed by atoms with Gasteiger partial charge in [0.2, 0.25) is 11.8 Å². The summed E-state index contributed by atoms with van der Waals surface area (Å²) in [5.41, 5.74) is -1.56. The molecule has 2 aromatic rings. The number of hydrogen-bond donors (Lipinski definition) is 2. The Kier molecular flexibility index (Phi) is 7.17. The summed E-state index contributed by atoms with van der Waals surface area (Å²) in [6.45, 7) is 1.12. The molecule has 2 N–H and O–H groups in total. The Morgan fingerprint density at radius 1 is 1.09 bits per heavy atom. The summed E-state index contributed by atoms with van der Waals surface area (Å²) in [6.07, 6.45) is -2.19. The van der Waals surface area contributed by atoms with E-state index in [0.717, 1.165) is 30.5 Å². The first-order chi connectivity index (χ1) is 16.6. The summed E-state index contributed by atoms with van der Waals surface area (Å²) in [4.78, 5) is 28.5. The zero-order chi connectivity index (χ0) is 25.2. The zero-order valence-electron chi connectivity index (χ0n) is 19.5. The molecule has 1 aliphatic carbocycles. The van der Waals surface area contributed by atoms with Crippen molar-refractivity contribution in [2.45, 2.75) is 55.8 Å². The van der Waals surface area contributed by atoms with Crippen LogP contribution >= 0.6 is 0 Å². The lowest BCUT2D eigenvalue weighted by Gasteiger charge is -2.34. The van der Waals surface area contributed by atoms with Crippen molar-refractivity contribution < 1.29 is 27.2 Å². The first kappa shape index (κ1) is 25.2. The van der Waals surface area contributed by atoms with E-state index < -0.39 is 34.9 Å². The van der Waals surface area contributed by atoms with Gasteiger partial charge in [0, 0.05) is 31.1 Å². The first-order valence-corrected chi connectivity index (χ1v) is 11.8. The number of benzene rings is 2. The van der Waals surface area contributed by atoms with Crippen LogP contribution < -0.4 is 10.6 Å². The minimum atomic E-state index is -4.67. The fourth-order valence-corrected chi connectivity index (χ4v) is 4.78. The molecule has 188 valence electrons. The van der Waals surface area contributed by atoms with Crippen LogP contribution in [0.5, 0.6) is 0 Å². The van der Waals surface area contributed by atoms with Gasteiger partial charge >= 0.3 is 6.18 Å². The van der Waals surface area contributed by atoms with Gasteiger partial charge in [-0.3, -0.25) is 9.59 Å². The Morgan fingerprint density at radius 2 is 1.74 bits per heavy atom. The van der Waals surface area contributed by atoms with E-state index in [1.807, 2.05) is 37.4 Å². The van der Waals surface area contributed by atoms with Crippen LogP contribution in [0.15, 0.2) is 48.5 Å². The van der Waals surface area contributed by atoms with Crippen molar-refractivity contribution in [3.63, 3.8) is 0 Å². The second-order valence-electron chi connectivity index (χ2n) is 9.38. The van der Waals surface area contributed by atoms with Crippen molar-refractivity contribution in [1.82, 2.24) is 15.5 Å². The van der Waals surface area contributed by atoms with E-state index in [1.54, 1.807) is 4.90 Å². The average Bonchev–Trinajstić information content (AvgIpc) is 3.65. The number of nitrogens with one attached hydrogen (secondary N) is 2. The van der Waals surface area contributed by atoms with Gasteiger partial charge in [-0.15, -0.1) is 0 Å². The number of piperidine rings is 1. The minimum Gasteiger partial charge on any atom is -0.343 e. The SMILES string of the molecule is CNC1CCN(C(=O)[C@H](Cc2ccccc2)NC(=O)C2(c3ccc(C(F)(F)F)cc3F)CC2)CC1. The van der Waals surface area contributed by atoms with E-state index in [9.17, 15) is 27.2 Å². The second kappa shape index (κ2) is 9.97. The molecule has 1 heterocycles. The van der Waals surface area contributed by atoms with Gasteiger partial charge in [0.05, 0.1) is 11.0 Å². The first-order valence-electron chi connectivity index (χ1n) is 11.8. The van der Waals surface area contributed by atoms with Crippen LogP contribution in [0, 0.1) is 5.82 Å². The van der Waals surface area contributed by atoms with E-state index in [0.29, 0.717) is 38.0 Å². The normalized spacial score (nSPS) is 18.7. The lowest BCUT2D eigenvalue weighted by Crippen LogP contribution is -2.54. The number of alkyl halides is 3. The molecule has 2 amide bonds. The van der Waals surface area contributed by atoms with Gasteiger partial charge in [-0.1, -0.05) is 36.4 Å². The van der Waals surface area contributed by atoms with Gasteiger partial charge in [0.25, 0.3) is 0 Å². The maximum absolute atomic E-state index is 14.7. The Bertz CT molecular complexity index is 1060. The highest BCUT2D eigenvalue weighted by Gasteiger charge is 2.54. The third kappa shape index (κ3) is 5.50. The molecule has 1 atom stereocenters. The maximum Gasteiger partial charge on any atom is 0.416 e. The number of nitrogens with zero attached hydrogens (tertiary/aromatic N) is 1. The Labute approximate surface area is 201 Å². The lowest BCUT2D eigenvalue weighted by atomic mass is 9.92. The molecule has 2 aromatic carbocycles. The van der Waals surface area contributed by atoms with Crippen LogP contribution in [0.1, 0.15) is 42.4 Å². The summed E-state index contributed by atoms with van der Waals surface area (Å²) in [5.74, 6) is -1.80. The van der Waals surface area contributed by atoms with Gasteiger partial charge in [0.1, 0.15) is 11.9 Å². The van der Waals surface area contributed by atoms with Gasteiger partial charge in [-0.05, 0) is 50.4 Å². The summed E-state index contributed by atoms with van der Waals surface area (Å²) in [5, 5.41) is 6.04. The maximum atomic E-state index is 14.7. The second-order valence-corrected chi connectivity index (χ2v) is 9.38. The largest absolute Gasteiger partial charge is 0.416 e. The number of amides is 2. The smallest absolute Gasteiger partial charge is 0.343 e. The molecule has 0 aromatic heterocycles. The number of rotatable bonds is 7. The predicted molar refractivity (Wildman–Crippen MR) is 123 cm³/mol. The molecule has 0 spiro atoms. The molecule has 4 rings (SSSR count). The monoisotopic (exact) mass is 491 g/mol. The molecule has 0 unspecified atom stereocenters. The molecule has 1 aliphatic heterocycles. The van der Waals surface area contributed by atoms with Crippen molar-refractivity contribution in [3.8, 4) is 0 Å². The molecular weight excluding hydrogens is 462 g/mol. The number of carbonyl (C=O) groups excluding carboxylic acids is 2. The summed E-state index contributed by atoms with van der Waals surface area (Å²) in [6, 6.07) is 11.0. The number of halogens is 4. The molecule has 0 bridgehead atoms. The van der Waals surface area contributed by atoms with Crippen LogP contribution in [0.25, 0.3) is 0 Å². The van der Waals surface area contributed by atoms with Crippen LogP contribution in [-0.4, -0.2) is 48.9 Å². The standard InChI is InChI=1S/C26H29F4N3O2/c1-31-19-9-13-33(14-10-19)23(34)22(15-17-5-3-2-4-6-17)32-24(35)25(11-12-25)20-8-7-18(16-21(20)27)26(28,29)30/h2-8,16,19,22,31H,9-15H2,1H3,(H,32,35)/t22-/m0/s1. The van der Waals surface area contributed by atoms with Gasteiger partial charge in [-0.25, -0.2) is 4.39 Å². The molecule has 2 fully saturated rings. The van der Waals surface area contributed by atoms with Crippen molar-refractivity contribution in [2.24, 2.45) is 0 Å². The van der Waals surface area contributed by atoms with E-state index in [1.165, 1.54) is 0 Å². The fraction of sp³-hybridized carbons (Fsp3) is 0.462. The summed E-state index contributed by atoms with van der Waals surface area (Å²) in [7, 11) is 1.88. The van der Waals surface area contributed by atoms with Gasteiger partial charge in [-0.2, -0.15) is 13.2 Å². The van der Waals surface area contributed by atoms with E-state index >= 15 is 0 Å². The summed E-state index contributed by atoms with van der Waals surface area (Å²) < 4.78 is 53.6. The highest BCUT2D eigenvalue weighted by Crippen LogP contribution is 2.50. The van der Waals surface area contributed by atoms with E-state index in [2.05, 4.69) is 10.6 Å². The predicted octanol–water partition coefficient (Wildman–Crippen LogP) is 3.81. The molecule has 2 aliphatic rings. The third-order valence-electron chi connectivity index (χ3n) is 7.10. The van der Waals surface area contributed by atoms with Crippen molar-refractivity contribution in [1.29, 1.82) is 0 Å². The van der Waals surface area contributed by atoms with Crippen molar-refractivity contribution >= 4 is 11.8 Å². The van der Waals surface area contributed by atoms with Crippen LogP contribution in [-0.2, 0) is 27.6 Å². The number of carbonyl (C=O) groups is 2. The molecule has 0 radical (unpaired) electrons. The topological polar surface area (TPSA) is 61.4 Å². The van der Waals surface area contributed by atoms with Gasteiger partial charge < -0.3 is 15.5 Å². The average molecular weight is 492 g/mol. The number of hydrogen-bond acceptors (Lipinski definition) is 3. The third-order valence-corrected chi connectivity index (χ3v) is 7.10. The quantitative estimate of drug-likeness (QED) is 0.579. The van der Waals surface area contributed by atoms with Gasteiger partial charge in [0.15, 0.2) is 0 Å².